The van der Waals surface area contributed by atoms with Crippen molar-refractivity contribution in [2.24, 2.45) is 0 Å². The summed E-state index contributed by atoms with van der Waals surface area (Å²) in [5, 5.41) is 24.4. The highest BCUT2D eigenvalue weighted by Crippen LogP contribution is 2.28. The van der Waals surface area contributed by atoms with Crippen LogP contribution in [0.5, 0.6) is 0 Å². The molecule has 0 aliphatic rings. The number of non-ortho nitro benzene ring substituents is 1. The maximum absolute atomic E-state index is 12.0. The van der Waals surface area contributed by atoms with Crippen molar-refractivity contribution in [1.82, 2.24) is 15.6 Å². The van der Waals surface area contributed by atoms with Crippen molar-refractivity contribution >= 4 is 28.3 Å². The van der Waals surface area contributed by atoms with Crippen molar-refractivity contribution in [2.45, 2.75) is 96.8 Å². The van der Waals surface area contributed by atoms with E-state index in [1.54, 1.807) is 6.07 Å². The van der Waals surface area contributed by atoms with Gasteiger partial charge in [-0.25, -0.2) is 4.63 Å². The van der Waals surface area contributed by atoms with Gasteiger partial charge in [-0.05, 0) is 48.5 Å². The van der Waals surface area contributed by atoms with E-state index in [4.69, 9.17) is 0 Å². The Morgan fingerprint density at radius 2 is 1.54 bits per heavy atom. The van der Waals surface area contributed by atoms with Gasteiger partial charge in [0.05, 0.1) is 10.6 Å². The molecule has 0 unspecified atom stereocenters. The summed E-state index contributed by atoms with van der Waals surface area (Å²) in [4.78, 5) is 22.5. The summed E-state index contributed by atoms with van der Waals surface area (Å²) in [5.41, 5.74) is 0.838. The molecule has 0 bridgehead atoms. The van der Waals surface area contributed by atoms with Crippen LogP contribution in [0.4, 0.5) is 11.4 Å². The van der Waals surface area contributed by atoms with E-state index in [9.17, 15) is 14.9 Å². The molecule has 0 saturated carbocycles. The highest BCUT2D eigenvalue weighted by molar-refractivity contribution is 5.93. The molecule has 1 aromatic carbocycles. The zero-order valence-electron chi connectivity index (χ0n) is 21.1. The summed E-state index contributed by atoms with van der Waals surface area (Å²) in [5.74, 6) is 0.0429. The first-order chi connectivity index (χ1) is 17.1. The van der Waals surface area contributed by atoms with Gasteiger partial charge in [-0.15, -0.1) is 0 Å². The molecule has 0 aliphatic carbocycles. The lowest BCUT2D eigenvalue weighted by Gasteiger charge is -2.08. The number of carbonyl (C=O) groups is 1. The van der Waals surface area contributed by atoms with Gasteiger partial charge in [0.1, 0.15) is 0 Å². The number of unbranched alkanes of at least 4 members (excludes halogenated alkanes) is 11. The van der Waals surface area contributed by atoms with E-state index in [2.05, 4.69) is 44.7 Å². The van der Waals surface area contributed by atoms with Gasteiger partial charge in [-0.2, -0.15) is 0 Å². The normalized spacial score (nSPS) is 11.3. The highest BCUT2D eigenvalue weighted by atomic mass is 16.6. The van der Waals surface area contributed by atoms with Crippen molar-refractivity contribution in [1.29, 1.82) is 0 Å². The number of rotatable bonds is 20. The van der Waals surface area contributed by atoms with Gasteiger partial charge in [0, 0.05) is 25.6 Å². The smallest absolute Gasteiger partial charge is 0.300 e. The van der Waals surface area contributed by atoms with Crippen molar-refractivity contribution < 1.29 is 14.3 Å². The number of amides is 1. The van der Waals surface area contributed by atoms with Gasteiger partial charge >= 0.3 is 5.69 Å². The number of benzene rings is 1. The Morgan fingerprint density at radius 1 is 0.914 bits per heavy atom. The molecule has 0 spiro atoms. The van der Waals surface area contributed by atoms with Crippen LogP contribution in [0.25, 0.3) is 11.0 Å². The Bertz CT molecular complexity index is 912. The second-order valence-corrected chi connectivity index (χ2v) is 8.96. The molecule has 194 valence electrons. The molecule has 0 atom stereocenters. The fraction of sp³-hybridized carbons (Fsp3) is 0.654. The zero-order valence-corrected chi connectivity index (χ0v) is 21.1. The van der Waals surface area contributed by atoms with Crippen LogP contribution in [0.1, 0.15) is 96.8 Å². The highest BCUT2D eigenvalue weighted by Gasteiger charge is 2.19. The number of hydrogen-bond acceptors (Lipinski definition) is 7. The summed E-state index contributed by atoms with van der Waals surface area (Å²) >= 11 is 0. The maximum atomic E-state index is 12.0. The topological polar surface area (TPSA) is 123 Å². The molecule has 2 aromatic rings. The summed E-state index contributed by atoms with van der Waals surface area (Å²) in [6.45, 7) is 3.18. The molecule has 0 aliphatic heterocycles. The fourth-order valence-electron chi connectivity index (χ4n) is 3.99. The van der Waals surface area contributed by atoms with E-state index < -0.39 is 4.92 Å². The zero-order chi connectivity index (χ0) is 25.1. The Morgan fingerprint density at radius 3 is 2.23 bits per heavy atom. The second kappa shape index (κ2) is 17.5. The monoisotopic (exact) mass is 487 g/mol. The Kier molecular flexibility index (Phi) is 14.1. The van der Waals surface area contributed by atoms with Gasteiger partial charge in [0.25, 0.3) is 0 Å². The maximum Gasteiger partial charge on any atom is 0.300 e. The van der Waals surface area contributed by atoms with Gasteiger partial charge < -0.3 is 10.6 Å². The van der Waals surface area contributed by atoms with E-state index in [-0.39, 0.29) is 17.1 Å². The van der Waals surface area contributed by atoms with Crippen molar-refractivity contribution in [2.75, 3.05) is 18.4 Å². The molecule has 1 amide bonds. The number of carbonyl (C=O) groups excluding carboxylic acids is 1. The standard InChI is InChI=1S/C26H41N5O4/c1-2-3-4-5-6-7-8-9-10-11-12-13-14-15-16-17-24(32)28-21-20-27-22-18-19-23(31(33)34)26-25(22)29-35-30-26/h9-10,18-19,27H,2-8,11-17,20-21H2,1H3,(H,28,32)/b10-9-. The van der Waals surface area contributed by atoms with E-state index in [0.29, 0.717) is 30.7 Å². The number of anilines is 1. The fourth-order valence-corrected chi connectivity index (χ4v) is 3.99. The molecule has 0 fully saturated rings. The van der Waals surface area contributed by atoms with Crippen molar-refractivity contribution in [3.05, 3.63) is 34.4 Å². The van der Waals surface area contributed by atoms with Crippen LogP contribution in [0, 0.1) is 10.1 Å². The van der Waals surface area contributed by atoms with Crippen LogP contribution in [0.3, 0.4) is 0 Å². The van der Waals surface area contributed by atoms with Gasteiger partial charge in [-0.1, -0.05) is 70.4 Å². The SMILES string of the molecule is CCCCCCCC/C=C\CCCCCCCC(=O)NCCNc1ccc([N+](=O)[O-])c2nonc12. The summed E-state index contributed by atoms with van der Waals surface area (Å²) in [6, 6.07) is 2.93. The largest absolute Gasteiger partial charge is 0.381 e. The van der Waals surface area contributed by atoms with Gasteiger partial charge in [0.15, 0.2) is 5.52 Å². The average Bonchev–Trinajstić information content (AvgIpc) is 3.34. The van der Waals surface area contributed by atoms with Crippen molar-refractivity contribution in [3.8, 4) is 0 Å². The van der Waals surface area contributed by atoms with Crippen LogP contribution >= 0.6 is 0 Å². The van der Waals surface area contributed by atoms with E-state index in [1.807, 2.05) is 0 Å². The third kappa shape index (κ3) is 11.3. The third-order valence-electron chi connectivity index (χ3n) is 6.02. The van der Waals surface area contributed by atoms with E-state index in [1.165, 1.54) is 70.3 Å². The summed E-state index contributed by atoms with van der Waals surface area (Å²) < 4.78 is 4.64. The van der Waals surface area contributed by atoms with Crippen LogP contribution in [-0.4, -0.2) is 34.2 Å². The molecule has 2 N–H and O–H groups in total. The predicted octanol–water partition coefficient (Wildman–Crippen LogP) is 6.70. The number of nitrogens with one attached hydrogen (secondary N) is 2. The molecule has 35 heavy (non-hydrogen) atoms. The molecule has 1 aromatic heterocycles. The lowest BCUT2D eigenvalue weighted by molar-refractivity contribution is -0.383. The molecule has 9 heteroatoms. The molecular formula is C26H41N5O4. The number of hydrogen-bond donors (Lipinski definition) is 2. The molecular weight excluding hydrogens is 446 g/mol. The minimum Gasteiger partial charge on any atom is -0.381 e. The number of nitrogens with zero attached hydrogens (tertiary/aromatic N) is 3. The molecule has 0 radical (unpaired) electrons. The number of allylic oxidation sites excluding steroid dienone is 2. The number of nitro benzene ring substituents is 1. The first-order valence-corrected chi connectivity index (χ1v) is 13.2. The van der Waals surface area contributed by atoms with Crippen LogP contribution in [0.2, 0.25) is 0 Å². The molecule has 9 nitrogen and oxygen atoms in total. The van der Waals surface area contributed by atoms with E-state index >= 15 is 0 Å². The molecule has 1 heterocycles. The molecule has 2 rings (SSSR count). The minimum atomic E-state index is -0.522. The predicted molar refractivity (Wildman–Crippen MR) is 139 cm³/mol. The number of aromatic nitrogens is 2. The second-order valence-electron chi connectivity index (χ2n) is 8.96. The molecule has 0 saturated heterocycles. The minimum absolute atomic E-state index is 0.0429. The number of fused-ring (bicyclic) bond motifs is 1. The first kappa shape index (κ1) is 28.3. The summed E-state index contributed by atoms with van der Waals surface area (Å²) in [7, 11) is 0. The number of nitro groups is 1. The Hall–Kier alpha value is -2.97. The van der Waals surface area contributed by atoms with Crippen LogP contribution in [-0.2, 0) is 4.79 Å². The first-order valence-electron chi connectivity index (χ1n) is 13.2. The summed E-state index contributed by atoms with van der Waals surface area (Å²) in [6.07, 6.45) is 21.3. The lowest BCUT2D eigenvalue weighted by atomic mass is 10.1. The quantitative estimate of drug-likeness (QED) is 0.0922. The van der Waals surface area contributed by atoms with Crippen LogP contribution < -0.4 is 10.6 Å². The van der Waals surface area contributed by atoms with E-state index in [0.717, 1.165) is 19.3 Å². The third-order valence-corrected chi connectivity index (χ3v) is 6.02. The Balaban J connectivity index is 1.43. The van der Waals surface area contributed by atoms with Gasteiger partial charge in [-0.3, -0.25) is 14.9 Å². The van der Waals surface area contributed by atoms with Gasteiger partial charge in [0.2, 0.25) is 11.4 Å². The van der Waals surface area contributed by atoms with Crippen LogP contribution in [0.15, 0.2) is 28.9 Å². The van der Waals surface area contributed by atoms with Crippen molar-refractivity contribution in [3.63, 3.8) is 0 Å². The Labute approximate surface area is 208 Å². The lowest BCUT2D eigenvalue weighted by Crippen LogP contribution is -2.28. The average molecular weight is 488 g/mol.